The van der Waals surface area contributed by atoms with Crippen molar-refractivity contribution in [3.63, 3.8) is 0 Å². The van der Waals surface area contributed by atoms with Crippen LogP contribution in [0, 0.1) is 0 Å². The molecule has 0 aliphatic carbocycles. The van der Waals surface area contributed by atoms with Crippen LogP contribution >= 0.6 is 7.14 Å². The normalized spacial score (nSPS) is 11.5. The summed E-state index contributed by atoms with van der Waals surface area (Å²) in [7, 11) is -3.06. The standard InChI is InChI=1S/C52H39OP/c53-54(48-22-12-4-13-23-48,49-24-14-5-15-25-49)50-36-34-47(35-37-50)52(46-20-10-3-11-21-46)39-41-28-32-43(33-29-41)42-30-26-40(27-31-42)38-51(44-16-6-1-7-17-44)45-18-8-2-9-19-45/h1-39H/b52-39+. The average Bonchev–Trinajstić information content (AvgIpc) is 3.26. The molecule has 0 atom stereocenters. The van der Waals surface area contributed by atoms with Crippen LogP contribution < -0.4 is 15.9 Å². The summed E-state index contributed by atoms with van der Waals surface area (Å²) in [6, 6.07) is 77.1. The highest BCUT2D eigenvalue weighted by atomic mass is 31.2. The zero-order chi connectivity index (χ0) is 36.6. The van der Waals surface area contributed by atoms with Gasteiger partial charge in [0.15, 0.2) is 7.14 Å². The van der Waals surface area contributed by atoms with Crippen molar-refractivity contribution in [1.29, 1.82) is 0 Å². The van der Waals surface area contributed by atoms with E-state index in [4.69, 9.17) is 0 Å². The topological polar surface area (TPSA) is 17.1 Å². The lowest BCUT2D eigenvalue weighted by Crippen LogP contribution is -2.24. The third kappa shape index (κ3) is 7.50. The van der Waals surface area contributed by atoms with Crippen LogP contribution in [0.4, 0.5) is 0 Å². The van der Waals surface area contributed by atoms with Gasteiger partial charge in [0, 0.05) is 15.9 Å². The molecule has 8 rings (SSSR count). The number of hydrogen-bond acceptors (Lipinski definition) is 1. The fourth-order valence-corrected chi connectivity index (χ4v) is 9.62. The van der Waals surface area contributed by atoms with E-state index in [1.807, 2.05) is 78.9 Å². The van der Waals surface area contributed by atoms with Crippen LogP contribution in [-0.4, -0.2) is 0 Å². The van der Waals surface area contributed by atoms with Crippen LogP contribution in [0.5, 0.6) is 0 Å². The minimum atomic E-state index is -3.06. The van der Waals surface area contributed by atoms with E-state index in [1.54, 1.807) is 0 Å². The fraction of sp³-hybridized carbons (Fsp3) is 0. The molecule has 0 saturated heterocycles. The zero-order valence-corrected chi connectivity index (χ0v) is 30.8. The van der Waals surface area contributed by atoms with Crippen LogP contribution in [-0.2, 0) is 4.57 Å². The molecular weight excluding hydrogens is 672 g/mol. The van der Waals surface area contributed by atoms with Crippen molar-refractivity contribution in [1.82, 2.24) is 0 Å². The summed E-state index contributed by atoms with van der Waals surface area (Å²) >= 11 is 0. The van der Waals surface area contributed by atoms with E-state index in [0.29, 0.717) is 0 Å². The molecule has 0 heterocycles. The molecule has 0 bridgehead atoms. The average molecular weight is 711 g/mol. The summed E-state index contributed by atoms with van der Waals surface area (Å²) in [4.78, 5) is 0. The van der Waals surface area contributed by atoms with Crippen molar-refractivity contribution in [2.45, 2.75) is 0 Å². The van der Waals surface area contributed by atoms with Crippen LogP contribution in [0.25, 0.3) is 34.4 Å². The molecule has 0 aliphatic heterocycles. The van der Waals surface area contributed by atoms with Crippen molar-refractivity contribution in [3.8, 4) is 11.1 Å². The zero-order valence-electron chi connectivity index (χ0n) is 29.9. The van der Waals surface area contributed by atoms with Gasteiger partial charge in [0.05, 0.1) is 0 Å². The van der Waals surface area contributed by atoms with Gasteiger partial charge < -0.3 is 4.57 Å². The smallest absolute Gasteiger partial charge is 0.171 e. The summed E-state index contributed by atoms with van der Waals surface area (Å²) in [5.41, 5.74) is 11.5. The van der Waals surface area contributed by atoms with Crippen molar-refractivity contribution >= 4 is 46.4 Å². The minimum absolute atomic E-state index is 0.818. The summed E-state index contributed by atoms with van der Waals surface area (Å²) in [5, 5.41) is 2.48. The molecule has 0 fully saturated rings. The quantitative estimate of drug-likeness (QED) is 0.102. The molecule has 54 heavy (non-hydrogen) atoms. The molecule has 0 aliphatic rings. The predicted molar refractivity (Wildman–Crippen MR) is 231 cm³/mol. The Bertz CT molecular complexity index is 2450. The van der Waals surface area contributed by atoms with Crippen LogP contribution in [0.15, 0.2) is 224 Å². The van der Waals surface area contributed by atoms with Crippen LogP contribution in [0.1, 0.15) is 33.4 Å². The van der Waals surface area contributed by atoms with Gasteiger partial charge in [0.2, 0.25) is 0 Å². The Morgan fingerprint density at radius 3 is 0.907 bits per heavy atom. The molecule has 0 spiro atoms. The Morgan fingerprint density at radius 2 is 0.574 bits per heavy atom. The first-order valence-electron chi connectivity index (χ1n) is 18.3. The van der Waals surface area contributed by atoms with Gasteiger partial charge in [0.1, 0.15) is 0 Å². The Morgan fingerprint density at radius 1 is 0.296 bits per heavy atom. The summed E-state index contributed by atoms with van der Waals surface area (Å²) < 4.78 is 15.0. The van der Waals surface area contributed by atoms with Crippen molar-refractivity contribution in [2.75, 3.05) is 0 Å². The second-order valence-electron chi connectivity index (χ2n) is 13.3. The Balaban J connectivity index is 1.09. The van der Waals surface area contributed by atoms with E-state index in [-0.39, 0.29) is 0 Å². The monoisotopic (exact) mass is 710 g/mol. The molecule has 0 amide bonds. The van der Waals surface area contributed by atoms with E-state index >= 15 is 0 Å². The maximum atomic E-state index is 15.0. The van der Waals surface area contributed by atoms with E-state index in [0.717, 1.165) is 49.3 Å². The van der Waals surface area contributed by atoms with E-state index in [1.165, 1.54) is 22.3 Å². The number of hydrogen-bond donors (Lipinski definition) is 0. The second-order valence-corrected chi connectivity index (χ2v) is 16.1. The first-order chi connectivity index (χ1) is 26.6. The molecule has 0 radical (unpaired) electrons. The first-order valence-corrected chi connectivity index (χ1v) is 20.0. The molecule has 0 N–H and O–H groups in total. The molecule has 2 heteroatoms. The highest BCUT2D eigenvalue weighted by Gasteiger charge is 2.29. The van der Waals surface area contributed by atoms with Gasteiger partial charge in [0.25, 0.3) is 0 Å². The van der Waals surface area contributed by atoms with Crippen molar-refractivity contribution < 1.29 is 4.57 Å². The predicted octanol–water partition coefficient (Wildman–Crippen LogP) is 12.2. The molecule has 8 aromatic rings. The molecule has 0 aromatic heterocycles. The number of rotatable bonds is 10. The summed E-state index contributed by atoms with van der Waals surface area (Å²) in [6.07, 6.45) is 4.51. The molecule has 0 saturated carbocycles. The van der Waals surface area contributed by atoms with Crippen LogP contribution in [0.2, 0.25) is 0 Å². The van der Waals surface area contributed by atoms with Crippen LogP contribution in [0.3, 0.4) is 0 Å². The van der Waals surface area contributed by atoms with Gasteiger partial charge in [-0.15, -0.1) is 0 Å². The van der Waals surface area contributed by atoms with E-state index in [2.05, 4.69) is 158 Å². The summed E-state index contributed by atoms with van der Waals surface area (Å²) in [6.45, 7) is 0. The third-order valence-corrected chi connectivity index (χ3v) is 12.9. The maximum absolute atomic E-state index is 15.0. The lowest BCUT2D eigenvalue weighted by molar-refractivity contribution is 0.592. The highest BCUT2D eigenvalue weighted by molar-refractivity contribution is 7.85. The molecule has 8 aromatic carbocycles. The van der Waals surface area contributed by atoms with Gasteiger partial charge in [-0.2, -0.15) is 0 Å². The van der Waals surface area contributed by atoms with E-state index < -0.39 is 7.14 Å². The molecule has 0 unspecified atom stereocenters. The lowest BCUT2D eigenvalue weighted by atomic mass is 9.94. The highest BCUT2D eigenvalue weighted by Crippen LogP contribution is 2.42. The van der Waals surface area contributed by atoms with Gasteiger partial charge in [-0.3, -0.25) is 0 Å². The summed E-state index contributed by atoms with van der Waals surface area (Å²) in [5.74, 6) is 0. The maximum Gasteiger partial charge on any atom is 0.171 e. The SMILES string of the molecule is O=P(c1ccccc1)(c1ccccc1)c1ccc(/C(=C/c2ccc(-c3ccc(C=C(c4ccccc4)c4ccccc4)cc3)cc2)c2ccccc2)cc1. The molecule has 1 nitrogen and oxygen atoms in total. The minimum Gasteiger partial charge on any atom is -0.309 e. The number of benzene rings is 8. The lowest BCUT2D eigenvalue weighted by Gasteiger charge is -2.20. The molecule has 258 valence electrons. The first kappa shape index (κ1) is 34.6. The second kappa shape index (κ2) is 16.0. The molecular formula is C52H39OP. The van der Waals surface area contributed by atoms with E-state index in [9.17, 15) is 4.57 Å². The van der Waals surface area contributed by atoms with Crippen molar-refractivity contribution in [3.05, 3.63) is 258 Å². The Kier molecular flexibility index (Phi) is 10.2. The van der Waals surface area contributed by atoms with Crippen molar-refractivity contribution in [2.24, 2.45) is 0 Å². The third-order valence-electron chi connectivity index (χ3n) is 9.81. The van der Waals surface area contributed by atoms with Gasteiger partial charge in [-0.25, -0.2) is 0 Å². The van der Waals surface area contributed by atoms with Gasteiger partial charge >= 0.3 is 0 Å². The van der Waals surface area contributed by atoms with Gasteiger partial charge in [-0.1, -0.05) is 224 Å². The largest absolute Gasteiger partial charge is 0.309 e. The fourth-order valence-electron chi connectivity index (χ4n) is 6.97. The van der Waals surface area contributed by atoms with Gasteiger partial charge in [-0.05, 0) is 67.8 Å². The Labute approximate surface area is 318 Å². The Hall–Kier alpha value is -6.53.